The van der Waals surface area contributed by atoms with Crippen molar-refractivity contribution in [2.75, 3.05) is 27.2 Å². The lowest BCUT2D eigenvalue weighted by molar-refractivity contribution is 0.0691. The third kappa shape index (κ3) is 3.15. The van der Waals surface area contributed by atoms with Gasteiger partial charge in [-0.05, 0) is 14.1 Å². The van der Waals surface area contributed by atoms with Crippen LogP contribution in [0.25, 0.3) is 5.65 Å². The Hall–Kier alpha value is -1.79. The molecular weight excluding hydrogens is 270 g/mol. The van der Waals surface area contributed by atoms with Gasteiger partial charge in [-0.1, -0.05) is 11.6 Å². The minimum Gasteiger partial charge on any atom is -0.488 e. The van der Waals surface area contributed by atoms with E-state index in [0.29, 0.717) is 23.0 Å². The topological polar surface area (TPSA) is 67.1 Å². The van der Waals surface area contributed by atoms with Crippen molar-refractivity contribution >= 4 is 23.2 Å². The molecule has 1 N–H and O–H groups in total. The summed E-state index contributed by atoms with van der Waals surface area (Å²) < 4.78 is 7.15. The van der Waals surface area contributed by atoms with Gasteiger partial charge < -0.3 is 19.1 Å². The van der Waals surface area contributed by atoms with Gasteiger partial charge in [0.15, 0.2) is 17.1 Å². The molecule has 0 unspecified atom stereocenters. The number of halogens is 1. The van der Waals surface area contributed by atoms with Gasteiger partial charge in [-0.25, -0.2) is 9.78 Å². The maximum atomic E-state index is 10.9. The number of carboxylic acids is 1. The van der Waals surface area contributed by atoms with E-state index in [4.69, 9.17) is 21.4 Å². The molecule has 7 heteroatoms. The number of aromatic nitrogens is 2. The van der Waals surface area contributed by atoms with Crippen LogP contribution in [0, 0.1) is 0 Å². The van der Waals surface area contributed by atoms with Crippen LogP contribution >= 0.6 is 11.6 Å². The summed E-state index contributed by atoms with van der Waals surface area (Å²) in [6, 6.07) is 1.63. The van der Waals surface area contributed by atoms with Gasteiger partial charge in [0.25, 0.3) is 0 Å². The average molecular weight is 284 g/mol. The van der Waals surface area contributed by atoms with Gasteiger partial charge in [-0.3, -0.25) is 0 Å². The molecule has 0 spiro atoms. The number of aromatic carboxylic acids is 1. The summed E-state index contributed by atoms with van der Waals surface area (Å²) in [5.74, 6) is -0.610. The Morgan fingerprint density at radius 1 is 1.53 bits per heavy atom. The zero-order valence-electron chi connectivity index (χ0n) is 10.6. The molecule has 0 amide bonds. The Labute approximate surface area is 115 Å². The van der Waals surface area contributed by atoms with Crippen molar-refractivity contribution < 1.29 is 14.6 Å². The van der Waals surface area contributed by atoms with Crippen LogP contribution in [0.5, 0.6) is 5.75 Å². The predicted octanol–water partition coefficient (Wildman–Crippen LogP) is 1.63. The van der Waals surface area contributed by atoms with E-state index in [-0.39, 0.29) is 5.69 Å². The van der Waals surface area contributed by atoms with Crippen LogP contribution in [0.2, 0.25) is 5.02 Å². The minimum atomic E-state index is -1.08. The van der Waals surface area contributed by atoms with E-state index >= 15 is 0 Å². The van der Waals surface area contributed by atoms with E-state index in [9.17, 15) is 4.79 Å². The molecule has 19 heavy (non-hydrogen) atoms. The molecule has 0 fully saturated rings. The van der Waals surface area contributed by atoms with E-state index in [0.717, 1.165) is 6.54 Å². The average Bonchev–Trinajstić information content (AvgIpc) is 2.72. The second kappa shape index (κ2) is 5.46. The third-order valence-electron chi connectivity index (χ3n) is 2.50. The summed E-state index contributed by atoms with van der Waals surface area (Å²) >= 11 is 5.97. The molecule has 0 radical (unpaired) electrons. The number of likely N-dealkylation sites (N-methyl/N-ethyl adjacent to an activating group) is 1. The molecule has 2 aromatic rings. The summed E-state index contributed by atoms with van der Waals surface area (Å²) in [4.78, 5) is 16.9. The molecule has 6 nitrogen and oxygen atoms in total. The zero-order valence-corrected chi connectivity index (χ0v) is 11.4. The number of fused-ring (bicyclic) bond motifs is 1. The fraction of sp³-hybridized carbons (Fsp3) is 0.333. The highest BCUT2D eigenvalue weighted by Gasteiger charge is 2.13. The molecule has 102 valence electrons. The molecule has 0 aliphatic carbocycles. The number of rotatable bonds is 5. The lowest BCUT2D eigenvalue weighted by atomic mass is 10.4. The van der Waals surface area contributed by atoms with Crippen molar-refractivity contribution in [1.82, 2.24) is 14.3 Å². The number of nitrogens with zero attached hydrogens (tertiary/aromatic N) is 3. The highest BCUT2D eigenvalue weighted by atomic mass is 35.5. The lowest BCUT2D eigenvalue weighted by Crippen LogP contribution is -2.19. The van der Waals surface area contributed by atoms with Gasteiger partial charge in [0, 0.05) is 25.0 Å². The minimum absolute atomic E-state index is 0.0419. The van der Waals surface area contributed by atoms with Gasteiger partial charge in [0.1, 0.15) is 6.61 Å². The van der Waals surface area contributed by atoms with Crippen molar-refractivity contribution in [1.29, 1.82) is 0 Å². The van der Waals surface area contributed by atoms with Gasteiger partial charge in [0.05, 0.1) is 5.02 Å². The molecule has 2 heterocycles. The number of ether oxygens (including phenoxy) is 1. The first-order chi connectivity index (χ1) is 8.97. The Balaban J connectivity index is 2.33. The maximum Gasteiger partial charge on any atom is 0.356 e. The summed E-state index contributed by atoms with van der Waals surface area (Å²) in [5.41, 5.74) is 0.403. The smallest absolute Gasteiger partial charge is 0.356 e. The van der Waals surface area contributed by atoms with Crippen LogP contribution in [0.4, 0.5) is 0 Å². The number of carboxylic acid groups (broad SMARTS) is 1. The predicted molar refractivity (Wildman–Crippen MR) is 71.2 cm³/mol. The quantitative estimate of drug-likeness (QED) is 0.903. The maximum absolute atomic E-state index is 10.9. The third-order valence-corrected chi connectivity index (χ3v) is 2.71. The van der Waals surface area contributed by atoms with Crippen molar-refractivity contribution in [3.05, 3.63) is 29.2 Å². The van der Waals surface area contributed by atoms with Crippen LogP contribution in [0.3, 0.4) is 0 Å². The van der Waals surface area contributed by atoms with Crippen LogP contribution in [-0.4, -0.2) is 52.6 Å². The van der Waals surface area contributed by atoms with Gasteiger partial charge >= 0.3 is 5.97 Å². The number of carbonyl (C=O) groups is 1. The molecule has 0 bridgehead atoms. The highest BCUT2D eigenvalue weighted by molar-refractivity contribution is 6.30. The van der Waals surface area contributed by atoms with Crippen molar-refractivity contribution in [2.24, 2.45) is 0 Å². The van der Waals surface area contributed by atoms with Crippen LogP contribution < -0.4 is 4.74 Å². The monoisotopic (exact) mass is 283 g/mol. The lowest BCUT2D eigenvalue weighted by Gasteiger charge is -2.11. The van der Waals surface area contributed by atoms with E-state index in [1.807, 2.05) is 19.0 Å². The molecule has 2 aromatic heterocycles. The molecular formula is C12H14ClN3O3. The Morgan fingerprint density at radius 3 is 2.89 bits per heavy atom. The van der Waals surface area contributed by atoms with Crippen LogP contribution in [0.15, 0.2) is 18.5 Å². The molecule has 0 saturated heterocycles. The van der Waals surface area contributed by atoms with Gasteiger partial charge in [-0.15, -0.1) is 0 Å². The SMILES string of the molecule is CN(C)CCOc1cc(Cl)cn2cc(C(=O)O)nc12. The Bertz CT molecular complexity index is 610. The Kier molecular flexibility index (Phi) is 3.92. The first kappa shape index (κ1) is 13.6. The van der Waals surface area contributed by atoms with Crippen molar-refractivity contribution in [3.63, 3.8) is 0 Å². The van der Waals surface area contributed by atoms with Gasteiger partial charge in [0.2, 0.25) is 0 Å². The molecule has 2 rings (SSSR count). The molecule has 0 aliphatic heterocycles. The van der Waals surface area contributed by atoms with Crippen LogP contribution in [-0.2, 0) is 0 Å². The summed E-state index contributed by atoms with van der Waals surface area (Å²) in [5, 5.41) is 9.40. The molecule has 0 aliphatic rings. The normalized spacial score (nSPS) is 11.2. The highest BCUT2D eigenvalue weighted by Crippen LogP contribution is 2.24. The fourth-order valence-electron chi connectivity index (χ4n) is 1.58. The van der Waals surface area contributed by atoms with E-state index in [2.05, 4.69) is 4.98 Å². The second-order valence-corrected chi connectivity index (χ2v) is 4.77. The summed E-state index contributed by atoms with van der Waals surface area (Å²) in [7, 11) is 3.88. The van der Waals surface area contributed by atoms with Crippen molar-refractivity contribution in [3.8, 4) is 5.75 Å². The van der Waals surface area contributed by atoms with E-state index in [1.54, 1.807) is 16.7 Å². The zero-order chi connectivity index (χ0) is 14.0. The summed E-state index contributed by atoms with van der Waals surface area (Å²) in [6.07, 6.45) is 3.00. The van der Waals surface area contributed by atoms with Crippen molar-refractivity contribution in [2.45, 2.75) is 0 Å². The molecule has 0 aromatic carbocycles. The standard InChI is InChI=1S/C12H14ClN3O3/c1-15(2)3-4-19-10-5-8(13)6-16-7-9(12(17)18)14-11(10)16/h5-7H,3-4H2,1-2H3,(H,17,18). The van der Waals surface area contributed by atoms with E-state index in [1.165, 1.54) is 6.20 Å². The summed E-state index contributed by atoms with van der Waals surface area (Å²) in [6.45, 7) is 1.21. The first-order valence-electron chi connectivity index (χ1n) is 5.66. The second-order valence-electron chi connectivity index (χ2n) is 4.34. The van der Waals surface area contributed by atoms with Gasteiger partial charge in [-0.2, -0.15) is 0 Å². The number of hydrogen-bond donors (Lipinski definition) is 1. The number of pyridine rings is 1. The largest absolute Gasteiger partial charge is 0.488 e. The van der Waals surface area contributed by atoms with Crippen LogP contribution in [0.1, 0.15) is 10.5 Å². The first-order valence-corrected chi connectivity index (χ1v) is 6.04. The number of hydrogen-bond acceptors (Lipinski definition) is 4. The molecule has 0 saturated carbocycles. The van der Waals surface area contributed by atoms with E-state index < -0.39 is 5.97 Å². The molecule has 0 atom stereocenters. The fourth-order valence-corrected chi connectivity index (χ4v) is 1.79. The Morgan fingerprint density at radius 2 is 2.26 bits per heavy atom. The number of imidazole rings is 1.